The van der Waals surface area contributed by atoms with Crippen molar-refractivity contribution in [2.24, 2.45) is 0 Å². The third-order valence-electron chi connectivity index (χ3n) is 8.86. The number of ether oxygens (including phenoxy) is 1. The molecule has 0 aliphatic rings. The van der Waals surface area contributed by atoms with Crippen molar-refractivity contribution in [3.8, 4) is 29.1 Å². The van der Waals surface area contributed by atoms with Crippen LogP contribution >= 0.6 is 0 Å². The molecule has 9 aromatic rings. The molecule has 8 heteroatoms. The van der Waals surface area contributed by atoms with E-state index in [1.807, 2.05) is 61.3 Å². The Labute approximate surface area is 270 Å². The van der Waals surface area contributed by atoms with E-state index in [0.29, 0.717) is 11.6 Å². The molecule has 0 aliphatic heterocycles. The minimum Gasteiger partial charge on any atom is -0.437 e. The summed E-state index contributed by atoms with van der Waals surface area (Å²) in [6, 6.07) is 29.0. The lowest BCUT2D eigenvalue weighted by Crippen LogP contribution is -2.07. The molecule has 6 aromatic heterocycles. The highest BCUT2D eigenvalue weighted by Gasteiger charge is 2.22. The van der Waals surface area contributed by atoms with Crippen LogP contribution in [-0.2, 0) is 0 Å². The molecule has 0 spiro atoms. The van der Waals surface area contributed by atoms with Gasteiger partial charge in [-0.1, -0.05) is 42.0 Å². The largest absolute Gasteiger partial charge is 0.437 e. The molecule has 0 N–H and O–H groups in total. The zero-order chi connectivity index (χ0) is 31.6. The fraction of sp³-hybridized carbons (Fsp3) is 0.0769. The van der Waals surface area contributed by atoms with Gasteiger partial charge in [0.1, 0.15) is 11.6 Å². The maximum Gasteiger partial charge on any atom is 0.239 e. The van der Waals surface area contributed by atoms with Crippen LogP contribution in [0.1, 0.15) is 16.7 Å². The fourth-order valence-electron chi connectivity index (χ4n) is 7.07. The SMILES string of the molecule is Cc1cc(C)c(-n2cc(Oc3ccc4c5ccncc5n(-c5ccccn5)c4c3)nc2-n2c3ccccc3c3ccncc32)c(C)c1. The summed E-state index contributed by atoms with van der Waals surface area (Å²) in [5.41, 5.74) is 8.58. The van der Waals surface area contributed by atoms with E-state index in [-0.39, 0.29) is 0 Å². The second kappa shape index (κ2) is 10.4. The second-order valence-corrected chi connectivity index (χ2v) is 11.9. The smallest absolute Gasteiger partial charge is 0.239 e. The van der Waals surface area contributed by atoms with E-state index in [0.717, 1.165) is 72.2 Å². The Kier molecular flexibility index (Phi) is 5.98. The molecule has 0 saturated heterocycles. The minimum absolute atomic E-state index is 0.482. The van der Waals surface area contributed by atoms with Gasteiger partial charge in [0.25, 0.3) is 0 Å². The Morgan fingerprint density at radius 3 is 2.02 bits per heavy atom. The molecule has 0 atom stereocenters. The first-order valence-corrected chi connectivity index (χ1v) is 15.5. The predicted molar refractivity (Wildman–Crippen MR) is 186 cm³/mol. The number of rotatable bonds is 5. The van der Waals surface area contributed by atoms with Crippen LogP contribution in [-0.4, -0.2) is 33.6 Å². The Bertz CT molecular complexity index is 2570. The highest BCUT2D eigenvalue weighted by atomic mass is 16.5. The highest BCUT2D eigenvalue weighted by Crippen LogP contribution is 2.37. The summed E-state index contributed by atoms with van der Waals surface area (Å²) in [6.07, 6.45) is 11.2. The normalized spacial score (nSPS) is 11.7. The molecule has 9 rings (SSSR count). The number of fused-ring (bicyclic) bond motifs is 6. The summed E-state index contributed by atoms with van der Waals surface area (Å²) >= 11 is 0. The van der Waals surface area contributed by atoms with Crippen molar-refractivity contribution in [3.05, 3.63) is 139 Å². The molecule has 47 heavy (non-hydrogen) atoms. The van der Waals surface area contributed by atoms with E-state index in [9.17, 15) is 0 Å². The zero-order valence-corrected chi connectivity index (χ0v) is 26.1. The maximum absolute atomic E-state index is 6.63. The van der Waals surface area contributed by atoms with E-state index < -0.39 is 0 Å². The van der Waals surface area contributed by atoms with Crippen molar-refractivity contribution < 1.29 is 4.74 Å². The van der Waals surface area contributed by atoms with Crippen molar-refractivity contribution in [1.29, 1.82) is 0 Å². The Morgan fingerprint density at radius 1 is 0.596 bits per heavy atom. The van der Waals surface area contributed by atoms with Crippen molar-refractivity contribution in [2.45, 2.75) is 20.8 Å². The summed E-state index contributed by atoms with van der Waals surface area (Å²) in [5, 5.41) is 4.45. The van der Waals surface area contributed by atoms with Gasteiger partial charge >= 0.3 is 0 Å². The van der Waals surface area contributed by atoms with Crippen molar-refractivity contribution >= 4 is 43.6 Å². The number of para-hydroxylation sites is 1. The average molecular weight is 612 g/mol. The number of hydrogen-bond donors (Lipinski definition) is 0. The van der Waals surface area contributed by atoms with E-state index in [2.05, 4.69) is 104 Å². The predicted octanol–water partition coefficient (Wildman–Crippen LogP) is 8.97. The molecule has 0 saturated carbocycles. The van der Waals surface area contributed by atoms with Crippen molar-refractivity contribution in [1.82, 2.24) is 33.6 Å². The van der Waals surface area contributed by atoms with Gasteiger partial charge in [-0.15, -0.1) is 0 Å². The third kappa shape index (κ3) is 4.22. The highest BCUT2D eigenvalue weighted by molar-refractivity contribution is 6.10. The Hall–Kier alpha value is -6.28. The molecule has 0 aliphatic carbocycles. The molecule has 6 heterocycles. The van der Waals surface area contributed by atoms with Crippen LogP contribution in [0.15, 0.2) is 122 Å². The first kappa shape index (κ1) is 27.1. The average Bonchev–Trinajstić information content (AvgIpc) is 3.74. The fourth-order valence-corrected chi connectivity index (χ4v) is 7.07. The van der Waals surface area contributed by atoms with Gasteiger partial charge in [0.2, 0.25) is 11.8 Å². The summed E-state index contributed by atoms with van der Waals surface area (Å²) in [6.45, 7) is 6.42. The minimum atomic E-state index is 0.482. The van der Waals surface area contributed by atoms with E-state index >= 15 is 0 Å². The summed E-state index contributed by atoms with van der Waals surface area (Å²) < 4.78 is 13.1. The molecular formula is C39H29N7O. The molecular weight excluding hydrogens is 582 g/mol. The lowest BCUT2D eigenvalue weighted by molar-refractivity contribution is 0.466. The first-order chi connectivity index (χ1) is 23.0. The number of hydrogen-bond acceptors (Lipinski definition) is 5. The van der Waals surface area contributed by atoms with Crippen LogP contribution in [0, 0.1) is 20.8 Å². The molecule has 0 unspecified atom stereocenters. The number of benzene rings is 3. The van der Waals surface area contributed by atoms with Crippen molar-refractivity contribution in [3.63, 3.8) is 0 Å². The topological polar surface area (TPSA) is 75.6 Å². The number of nitrogens with zero attached hydrogens (tertiary/aromatic N) is 7. The molecule has 0 fully saturated rings. The van der Waals surface area contributed by atoms with Gasteiger partial charge in [-0.2, -0.15) is 4.98 Å². The standard InChI is InChI=1S/C39H29N7O/c1-24-18-25(2)38(26(3)19-24)44-23-37(43-39(44)46-32-9-5-4-8-28(32)30-13-16-41-22-35(30)46)47-27-11-12-29-31-14-17-40-21-34(31)45(33(29)20-27)36-10-6-7-15-42-36/h4-23H,1-3H3. The Balaban J connectivity index is 1.26. The maximum atomic E-state index is 6.63. The van der Waals surface area contributed by atoms with Crippen molar-refractivity contribution in [2.75, 3.05) is 0 Å². The number of pyridine rings is 3. The summed E-state index contributed by atoms with van der Waals surface area (Å²) in [7, 11) is 0. The van der Waals surface area contributed by atoms with Crippen LogP contribution in [0.3, 0.4) is 0 Å². The van der Waals surface area contributed by atoms with E-state index in [1.165, 1.54) is 5.56 Å². The molecule has 3 aromatic carbocycles. The van der Waals surface area contributed by atoms with Crippen LogP contribution < -0.4 is 4.74 Å². The summed E-state index contributed by atoms with van der Waals surface area (Å²) in [5.74, 6) is 2.69. The monoisotopic (exact) mass is 611 g/mol. The Morgan fingerprint density at radius 2 is 1.28 bits per heavy atom. The van der Waals surface area contributed by atoms with Gasteiger partial charge in [0, 0.05) is 46.2 Å². The van der Waals surface area contributed by atoms with Gasteiger partial charge in [-0.05, 0) is 74.4 Å². The quantitative estimate of drug-likeness (QED) is 0.194. The van der Waals surface area contributed by atoms with Gasteiger partial charge in [0.15, 0.2) is 0 Å². The van der Waals surface area contributed by atoms with Gasteiger partial charge < -0.3 is 4.74 Å². The van der Waals surface area contributed by atoms with Crippen LogP contribution in [0.2, 0.25) is 0 Å². The van der Waals surface area contributed by atoms with Crippen LogP contribution in [0.25, 0.3) is 61.1 Å². The third-order valence-corrected chi connectivity index (χ3v) is 8.86. The first-order valence-electron chi connectivity index (χ1n) is 15.5. The van der Waals surface area contributed by atoms with Gasteiger partial charge in [-0.3, -0.25) is 23.7 Å². The molecule has 0 bridgehead atoms. The van der Waals surface area contributed by atoms with Crippen LogP contribution in [0.5, 0.6) is 11.6 Å². The summed E-state index contributed by atoms with van der Waals surface area (Å²) in [4.78, 5) is 18.7. The number of imidazole rings is 1. The van der Waals surface area contributed by atoms with E-state index in [4.69, 9.17) is 9.72 Å². The van der Waals surface area contributed by atoms with E-state index in [1.54, 1.807) is 6.20 Å². The molecule has 226 valence electrons. The number of aromatic nitrogens is 7. The second-order valence-electron chi connectivity index (χ2n) is 11.9. The molecule has 8 nitrogen and oxygen atoms in total. The lowest BCUT2D eigenvalue weighted by Gasteiger charge is -2.16. The number of aryl methyl sites for hydroxylation is 3. The van der Waals surface area contributed by atoms with Gasteiger partial charge in [0.05, 0.1) is 46.3 Å². The van der Waals surface area contributed by atoms with Gasteiger partial charge in [-0.25, -0.2) is 4.98 Å². The molecule has 0 radical (unpaired) electrons. The zero-order valence-electron chi connectivity index (χ0n) is 26.1. The lowest BCUT2D eigenvalue weighted by atomic mass is 10.1. The van der Waals surface area contributed by atoms with Crippen LogP contribution in [0.4, 0.5) is 0 Å². The molecule has 0 amide bonds.